The molecule has 0 aromatic carbocycles. The molecule has 1 amide bonds. The SMILES string of the molecule is CC(C)(C)C(=O)CC(=O)N1CCN(C(C)(C)C)CC1. The molecule has 1 fully saturated rings. The number of carbonyl (C=O) groups is 2. The molecule has 0 aromatic rings. The molecule has 0 N–H and O–H groups in total. The van der Waals surface area contributed by atoms with Gasteiger partial charge in [-0.1, -0.05) is 20.8 Å². The average Bonchev–Trinajstić information content (AvgIpc) is 2.26. The minimum Gasteiger partial charge on any atom is -0.340 e. The maximum Gasteiger partial charge on any atom is 0.230 e. The Morgan fingerprint density at radius 2 is 1.37 bits per heavy atom. The van der Waals surface area contributed by atoms with Crippen LogP contribution in [-0.4, -0.2) is 53.2 Å². The molecule has 0 aliphatic carbocycles. The molecule has 0 unspecified atom stereocenters. The lowest BCUT2D eigenvalue weighted by Crippen LogP contribution is -2.55. The number of ketones is 1. The molecule has 0 spiro atoms. The van der Waals surface area contributed by atoms with Gasteiger partial charge in [-0.25, -0.2) is 0 Å². The van der Waals surface area contributed by atoms with Crippen molar-refractivity contribution in [1.29, 1.82) is 0 Å². The Balaban J connectivity index is 2.48. The standard InChI is InChI=1S/C15H28N2O2/c1-14(2,3)12(18)11-13(19)16-7-9-17(10-8-16)15(4,5)6/h7-11H2,1-6H3. The van der Waals surface area contributed by atoms with Crippen LogP contribution in [0.25, 0.3) is 0 Å². The largest absolute Gasteiger partial charge is 0.340 e. The van der Waals surface area contributed by atoms with Gasteiger partial charge in [-0.05, 0) is 20.8 Å². The number of Topliss-reactive ketones (excluding diaryl/α,β-unsaturated/α-hetero) is 1. The van der Waals surface area contributed by atoms with E-state index in [1.54, 1.807) is 0 Å². The van der Waals surface area contributed by atoms with E-state index in [1.807, 2.05) is 25.7 Å². The molecule has 0 radical (unpaired) electrons. The number of carbonyl (C=O) groups excluding carboxylic acids is 2. The highest BCUT2D eigenvalue weighted by molar-refractivity contribution is 6.00. The molecular weight excluding hydrogens is 240 g/mol. The number of piperazine rings is 1. The first-order valence-electron chi connectivity index (χ1n) is 7.08. The van der Waals surface area contributed by atoms with Gasteiger partial charge in [0.15, 0.2) is 0 Å². The average molecular weight is 268 g/mol. The summed E-state index contributed by atoms with van der Waals surface area (Å²) in [4.78, 5) is 28.2. The van der Waals surface area contributed by atoms with Gasteiger partial charge >= 0.3 is 0 Å². The molecule has 1 rings (SSSR count). The molecule has 4 nitrogen and oxygen atoms in total. The number of nitrogens with zero attached hydrogens (tertiary/aromatic N) is 2. The van der Waals surface area contributed by atoms with Gasteiger partial charge < -0.3 is 4.90 Å². The smallest absolute Gasteiger partial charge is 0.230 e. The van der Waals surface area contributed by atoms with Gasteiger partial charge in [0.1, 0.15) is 5.78 Å². The summed E-state index contributed by atoms with van der Waals surface area (Å²) in [5, 5.41) is 0. The van der Waals surface area contributed by atoms with Crippen molar-refractivity contribution >= 4 is 11.7 Å². The summed E-state index contributed by atoms with van der Waals surface area (Å²) >= 11 is 0. The summed E-state index contributed by atoms with van der Waals surface area (Å²) in [6.07, 6.45) is 0.0407. The van der Waals surface area contributed by atoms with Gasteiger partial charge in [0.25, 0.3) is 0 Å². The third-order valence-corrected chi connectivity index (χ3v) is 3.73. The second-order valence-corrected chi connectivity index (χ2v) is 7.39. The molecule has 1 aliphatic heterocycles. The molecule has 0 bridgehead atoms. The molecule has 4 heteroatoms. The highest BCUT2D eigenvalue weighted by Gasteiger charge is 2.30. The lowest BCUT2D eigenvalue weighted by molar-refractivity contribution is -0.139. The summed E-state index contributed by atoms with van der Waals surface area (Å²) < 4.78 is 0. The molecule has 110 valence electrons. The number of rotatable bonds is 2. The molecule has 0 aromatic heterocycles. The van der Waals surface area contributed by atoms with E-state index < -0.39 is 5.41 Å². The van der Waals surface area contributed by atoms with Gasteiger partial charge in [0.05, 0.1) is 6.42 Å². The quantitative estimate of drug-likeness (QED) is 0.719. The summed E-state index contributed by atoms with van der Waals surface area (Å²) in [6.45, 7) is 15.4. The van der Waals surface area contributed by atoms with Crippen molar-refractivity contribution in [3.05, 3.63) is 0 Å². The van der Waals surface area contributed by atoms with Crippen molar-refractivity contribution < 1.29 is 9.59 Å². The second kappa shape index (κ2) is 5.61. The lowest BCUT2D eigenvalue weighted by Gasteiger charge is -2.42. The van der Waals surface area contributed by atoms with Gasteiger partial charge in [-0.2, -0.15) is 0 Å². The van der Waals surface area contributed by atoms with Crippen LogP contribution < -0.4 is 0 Å². The van der Waals surface area contributed by atoms with Crippen LogP contribution >= 0.6 is 0 Å². The minimum absolute atomic E-state index is 0.0199. The molecule has 1 saturated heterocycles. The van der Waals surface area contributed by atoms with Gasteiger partial charge in [0.2, 0.25) is 5.91 Å². The van der Waals surface area contributed by atoms with E-state index in [4.69, 9.17) is 0 Å². The number of amides is 1. The highest BCUT2D eigenvalue weighted by Crippen LogP contribution is 2.19. The molecular formula is C15H28N2O2. The van der Waals surface area contributed by atoms with Crippen molar-refractivity contribution in [1.82, 2.24) is 9.80 Å². The van der Waals surface area contributed by atoms with Crippen molar-refractivity contribution in [3.63, 3.8) is 0 Å². The minimum atomic E-state index is -0.428. The van der Waals surface area contributed by atoms with E-state index in [1.165, 1.54) is 0 Å². The monoisotopic (exact) mass is 268 g/mol. The van der Waals surface area contributed by atoms with E-state index in [2.05, 4.69) is 25.7 Å². The van der Waals surface area contributed by atoms with Crippen molar-refractivity contribution in [2.45, 2.75) is 53.5 Å². The summed E-state index contributed by atoms with van der Waals surface area (Å²) in [6, 6.07) is 0. The zero-order chi connectivity index (χ0) is 14.8. The van der Waals surface area contributed by atoms with Crippen LogP contribution in [-0.2, 0) is 9.59 Å². The van der Waals surface area contributed by atoms with Gasteiger partial charge in [0, 0.05) is 37.1 Å². The van der Waals surface area contributed by atoms with Crippen LogP contribution in [0.3, 0.4) is 0 Å². The Kier molecular flexibility index (Phi) is 4.77. The van der Waals surface area contributed by atoms with Crippen LogP contribution in [0.15, 0.2) is 0 Å². The van der Waals surface area contributed by atoms with Gasteiger partial charge in [-0.15, -0.1) is 0 Å². The first-order chi connectivity index (χ1) is 8.51. The van der Waals surface area contributed by atoms with Crippen LogP contribution in [0.2, 0.25) is 0 Å². The summed E-state index contributed by atoms with van der Waals surface area (Å²) in [7, 11) is 0. The maximum atomic E-state index is 12.1. The maximum absolute atomic E-state index is 12.1. The summed E-state index contributed by atoms with van der Waals surface area (Å²) in [5.41, 5.74) is -0.279. The zero-order valence-electron chi connectivity index (χ0n) is 13.2. The summed E-state index contributed by atoms with van der Waals surface area (Å²) in [5.74, 6) is 0.00392. The van der Waals surface area contributed by atoms with Crippen molar-refractivity contribution in [2.75, 3.05) is 26.2 Å². The van der Waals surface area contributed by atoms with Crippen LogP contribution in [0.5, 0.6) is 0 Å². The Labute approximate surface area is 117 Å². The second-order valence-electron chi connectivity index (χ2n) is 7.39. The lowest BCUT2D eigenvalue weighted by atomic mass is 9.88. The number of hydrogen-bond acceptors (Lipinski definition) is 3. The zero-order valence-corrected chi connectivity index (χ0v) is 13.2. The van der Waals surface area contributed by atoms with E-state index in [9.17, 15) is 9.59 Å². The highest BCUT2D eigenvalue weighted by atomic mass is 16.2. The van der Waals surface area contributed by atoms with Crippen LogP contribution in [0.4, 0.5) is 0 Å². The van der Waals surface area contributed by atoms with E-state index in [0.717, 1.165) is 26.2 Å². The fourth-order valence-corrected chi connectivity index (χ4v) is 2.14. The predicted octanol–water partition coefficient (Wildman–Crippen LogP) is 1.93. The Morgan fingerprint density at radius 1 is 0.895 bits per heavy atom. The molecule has 0 atom stereocenters. The third kappa shape index (κ3) is 4.60. The van der Waals surface area contributed by atoms with Crippen LogP contribution in [0, 0.1) is 5.41 Å². The molecule has 1 heterocycles. The van der Waals surface area contributed by atoms with Crippen molar-refractivity contribution in [3.8, 4) is 0 Å². The number of hydrogen-bond donors (Lipinski definition) is 0. The first kappa shape index (κ1) is 16.2. The Bertz CT molecular complexity index is 342. The topological polar surface area (TPSA) is 40.6 Å². The van der Waals surface area contributed by atoms with Gasteiger partial charge in [-0.3, -0.25) is 14.5 Å². The first-order valence-corrected chi connectivity index (χ1v) is 7.08. The van der Waals surface area contributed by atoms with E-state index in [-0.39, 0.29) is 23.7 Å². The molecule has 1 aliphatic rings. The molecule has 19 heavy (non-hydrogen) atoms. The third-order valence-electron chi connectivity index (χ3n) is 3.73. The Morgan fingerprint density at radius 3 is 1.74 bits per heavy atom. The molecule has 0 saturated carbocycles. The fourth-order valence-electron chi connectivity index (χ4n) is 2.14. The van der Waals surface area contributed by atoms with Crippen LogP contribution in [0.1, 0.15) is 48.0 Å². The van der Waals surface area contributed by atoms with Crippen molar-refractivity contribution in [2.24, 2.45) is 5.41 Å². The fraction of sp³-hybridized carbons (Fsp3) is 0.867. The van der Waals surface area contributed by atoms with E-state index >= 15 is 0 Å². The normalized spacial score (nSPS) is 18.5. The van der Waals surface area contributed by atoms with E-state index in [0.29, 0.717) is 0 Å². The predicted molar refractivity (Wildman–Crippen MR) is 77.0 cm³/mol. The Hall–Kier alpha value is -0.900.